The van der Waals surface area contributed by atoms with Gasteiger partial charge in [-0.3, -0.25) is 4.79 Å². The van der Waals surface area contributed by atoms with Crippen LogP contribution < -0.4 is 0 Å². The first-order valence-corrected chi connectivity index (χ1v) is 7.82. The van der Waals surface area contributed by atoms with Crippen molar-refractivity contribution in [2.75, 3.05) is 20.2 Å². The van der Waals surface area contributed by atoms with Crippen molar-refractivity contribution in [1.29, 1.82) is 0 Å². The van der Waals surface area contributed by atoms with E-state index >= 15 is 0 Å². The Kier molecular flexibility index (Phi) is 4.56. The van der Waals surface area contributed by atoms with Crippen LogP contribution in [-0.4, -0.2) is 48.9 Å². The molecule has 1 fully saturated rings. The molecule has 1 aliphatic rings. The predicted molar refractivity (Wildman–Crippen MR) is 70.5 cm³/mol. The second-order valence-electron chi connectivity index (χ2n) is 4.39. The third kappa shape index (κ3) is 3.08. The third-order valence-electron chi connectivity index (χ3n) is 3.22. The van der Waals surface area contributed by atoms with Gasteiger partial charge in [-0.15, -0.1) is 0 Å². The number of halogens is 1. The fraction of sp³-hybridized carbons (Fsp3) is 0.545. The summed E-state index contributed by atoms with van der Waals surface area (Å²) >= 11 is 5.54. The summed E-state index contributed by atoms with van der Waals surface area (Å²) in [6.45, 7) is 0.537. The van der Waals surface area contributed by atoms with Gasteiger partial charge < -0.3 is 4.74 Å². The normalized spacial score (nSPS) is 17.9. The average molecular weight is 320 g/mol. The standard InChI is InChI=1S/C11H14ClN3O4S/c1-19-10(16)8-2-4-15(5-3-8)20(17,18)9-6-13-11(12)14-7-9/h6-8H,2-5H2,1H3. The van der Waals surface area contributed by atoms with E-state index in [4.69, 9.17) is 11.6 Å². The van der Waals surface area contributed by atoms with Crippen LogP contribution in [0.5, 0.6) is 0 Å². The van der Waals surface area contributed by atoms with Crippen molar-refractivity contribution in [3.8, 4) is 0 Å². The van der Waals surface area contributed by atoms with Crippen molar-refractivity contribution in [3.63, 3.8) is 0 Å². The smallest absolute Gasteiger partial charge is 0.308 e. The Morgan fingerprint density at radius 3 is 2.40 bits per heavy atom. The van der Waals surface area contributed by atoms with Crippen LogP contribution in [0.2, 0.25) is 5.28 Å². The zero-order valence-corrected chi connectivity index (χ0v) is 12.4. The molecule has 1 saturated heterocycles. The lowest BCUT2D eigenvalue weighted by Crippen LogP contribution is -2.40. The molecule has 0 amide bonds. The highest BCUT2D eigenvalue weighted by Gasteiger charge is 2.32. The van der Waals surface area contributed by atoms with E-state index in [9.17, 15) is 13.2 Å². The summed E-state index contributed by atoms with van der Waals surface area (Å²) in [6, 6.07) is 0. The van der Waals surface area contributed by atoms with Crippen LogP contribution in [0.4, 0.5) is 0 Å². The van der Waals surface area contributed by atoms with Gasteiger partial charge in [0, 0.05) is 13.1 Å². The van der Waals surface area contributed by atoms with Crippen molar-refractivity contribution in [2.24, 2.45) is 5.92 Å². The molecule has 0 N–H and O–H groups in total. The second kappa shape index (κ2) is 6.02. The first-order chi connectivity index (χ1) is 9.45. The summed E-state index contributed by atoms with van der Waals surface area (Å²) < 4.78 is 30.6. The molecule has 0 spiro atoms. The zero-order valence-electron chi connectivity index (χ0n) is 10.8. The molecule has 0 saturated carbocycles. The van der Waals surface area contributed by atoms with Crippen molar-refractivity contribution in [2.45, 2.75) is 17.7 Å². The SMILES string of the molecule is COC(=O)C1CCN(S(=O)(=O)c2cnc(Cl)nc2)CC1. The van der Waals surface area contributed by atoms with Gasteiger partial charge in [0.15, 0.2) is 0 Å². The molecular formula is C11H14ClN3O4S. The molecule has 20 heavy (non-hydrogen) atoms. The van der Waals surface area contributed by atoms with Crippen LogP contribution in [0.3, 0.4) is 0 Å². The fourth-order valence-corrected chi connectivity index (χ4v) is 3.54. The first kappa shape index (κ1) is 15.1. The van der Waals surface area contributed by atoms with Crippen LogP contribution in [0.25, 0.3) is 0 Å². The molecule has 0 unspecified atom stereocenters. The van der Waals surface area contributed by atoms with E-state index in [2.05, 4.69) is 14.7 Å². The van der Waals surface area contributed by atoms with Gasteiger partial charge in [-0.2, -0.15) is 4.31 Å². The Bertz CT molecular complexity index is 582. The number of rotatable bonds is 3. The molecule has 9 heteroatoms. The van der Waals surface area contributed by atoms with E-state index in [1.807, 2.05) is 0 Å². The van der Waals surface area contributed by atoms with Gasteiger partial charge in [0.25, 0.3) is 0 Å². The number of aromatic nitrogens is 2. The van der Waals surface area contributed by atoms with Crippen LogP contribution in [0.1, 0.15) is 12.8 Å². The quantitative estimate of drug-likeness (QED) is 0.602. The Morgan fingerprint density at radius 1 is 1.35 bits per heavy atom. The lowest BCUT2D eigenvalue weighted by molar-refractivity contribution is -0.146. The molecule has 110 valence electrons. The summed E-state index contributed by atoms with van der Waals surface area (Å²) in [5.74, 6) is -0.537. The highest BCUT2D eigenvalue weighted by atomic mass is 35.5. The molecule has 1 aromatic rings. The number of methoxy groups -OCH3 is 1. The van der Waals surface area contributed by atoms with Gasteiger partial charge >= 0.3 is 5.97 Å². The van der Waals surface area contributed by atoms with Gasteiger partial charge in [0.1, 0.15) is 4.90 Å². The molecule has 0 radical (unpaired) electrons. The molecule has 0 aromatic carbocycles. The number of piperidine rings is 1. The summed E-state index contributed by atoms with van der Waals surface area (Å²) in [6.07, 6.45) is 3.24. The molecule has 2 rings (SSSR count). The van der Waals surface area contributed by atoms with E-state index in [1.165, 1.54) is 23.8 Å². The molecule has 0 atom stereocenters. The van der Waals surface area contributed by atoms with E-state index in [0.717, 1.165) is 0 Å². The van der Waals surface area contributed by atoms with Crippen LogP contribution >= 0.6 is 11.6 Å². The molecule has 7 nitrogen and oxygen atoms in total. The van der Waals surface area contributed by atoms with E-state index < -0.39 is 10.0 Å². The number of carbonyl (C=O) groups excluding carboxylic acids is 1. The molecule has 1 aliphatic heterocycles. The number of nitrogens with zero attached hydrogens (tertiary/aromatic N) is 3. The number of sulfonamides is 1. The molecule has 0 bridgehead atoms. The van der Waals surface area contributed by atoms with Gasteiger partial charge in [-0.05, 0) is 24.4 Å². The van der Waals surface area contributed by atoms with E-state index in [0.29, 0.717) is 12.8 Å². The van der Waals surface area contributed by atoms with Crippen molar-refractivity contribution in [3.05, 3.63) is 17.7 Å². The Morgan fingerprint density at radius 2 is 1.90 bits per heavy atom. The van der Waals surface area contributed by atoms with Gasteiger partial charge in [0.2, 0.25) is 15.3 Å². The Hall–Kier alpha value is -1.25. The van der Waals surface area contributed by atoms with Gasteiger partial charge in [0.05, 0.1) is 25.4 Å². The number of ether oxygens (including phenoxy) is 1. The maximum atomic E-state index is 12.3. The minimum Gasteiger partial charge on any atom is -0.469 e. The summed E-state index contributed by atoms with van der Waals surface area (Å²) in [7, 11) is -2.31. The minimum absolute atomic E-state index is 0.00146. The van der Waals surface area contributed by atoms with Gasteiger partial charge in [-0.25, -0.2) is 18.4 Å². The van der Waals surface area contributed by atoms with Crippen LogP contribution in [0, 0.1) is 5.92 Å². The summed E-state index contributed by atoms with van der Waals surface area (Å²) in [4.78, 5) is 18.7. The van der Waals surface area contributed by atoms with E-state index in [-0.39, 0.29) is 35.2 Å². The predicted octanol–water partition coefficient (Wildman–Crippen LogP) is 0.704. The molecule has 2 heterocycles. The Labute approximate surface area is 122 Å². The lowest BCUT2D eigenvalue weighted by atomic mass is 9.99. The van der Waals surface area contributed by atoms with Crippen LogP contribution in [0.15, 0.2) is 17.3 Å². The fourth-order valence-electron chi connectivity index (χ4n) is 2.08. The number of esters is 1. The highest BCUT2D eigenvalue weighted by molar-refractivity contribution is 7.89. The summed E-state index contributed by atoms with van der Waals surface area (Å²) in [5, 5.41) is -0.00616. The second-order valence-corrected chi connectivity index (χ2v) is 6.67. The highest BCUT2D eigenvalue weighted by Crippen LogP contribution is 2.24. The average Bonchev–Trinajstić information content (AvgIpc) is 2.47. The maximum absolute atomic E-state index is 12.3. The van der Waals surface area contributed by atoms with Crippen LogP contribution in [-0.2, 0) is 19.6 Å². The van der Waals surface area contributed by atoms with Crippen molar-refractivity contribution in [1.82, 2.24) is 14.3 Å². The maximum Gasteiger partial charge on any atom is 0.308 e. The largest absolute Gasteiger partial charge is 0.469 e. The Balaban J connectivity index is 2.09. The molecular weight excluding hydrogens is 306 g/mol. The zero-order chi connectivity index (χ0) is 14.8. The van der Waals surface area contributed by atoms with Crippen molar-refractivity contribution < 1.29 is 17.9 Å². The minimum atomic E-state index is -3.64. The molecule has 1 aromatic heterocycles. The lowest BCUT2D eigenvalue weighted by Gasteiger charge is -2.29. The van der Waals surface area contributed by atoms with E-state index in [1.54, 1.807) is 0 Å². The third-order valence-corrected chi connectivity index (χ3v) is 5.27. The number of carbonyl (C=O) groups is 1. The first-order valence-electron chi connectivity index (χ1n) is 6.00. The summed E-state index contributed by atoms with van der Waals surface area (Å²) in [5.41, 5.74) is 0. The molecule has 0 aliphatic carbocycles. The van der Waals surface area contributed by atoms with Crippen molar-refractivity contribution >= 4 is 27.6 Å². The number of hydrogen-bond donors (Lipinski definition) is 0. The monoisotopic (exact) mass is 319 g/mol. The van der Waals surface area contributed by atoms with Gasteiger partial charge in [-0.1, -0.05) is 0 Å². The number of hydrogen-bond acceptors (Lipinski definition) is 6. The topological polar surface area (TPSA) is 89.5 Å².